The highest BCUT2D eigenvalue weighted by Crippen LogP contribution is 2.23. The van der Waals surface area contributed by atoms with Crippen LogP contribution in [0.4, 0.5) is 0 Å². The number of likely N-dealkylation sites (tertiary alicyclic amines) is 2. The summed E-state index contributed by atoms with van der Waals surface area (Å²) in [5.74, 6) is 0.804. The maximum absolute atomic E-state index is 12.4. The maximum atomic E-state index is 12.4. The van der Waals surface area contributed by atoms with Crippen molar-refractivity contribution in [1.29, 1.82) is 0 Å². The lowest BCUT2D eigenvalue weighted by molar-refractivity contribution is -0.135. The van der Waals surface area contributed by atoms with Crippen LogP contribution < -0.4 is 5.56 Å². The van der Waals surface area contributed by atoms with Gasteiger partial charge in [-0.1, -0.05) is 20.8 Å². The first kappa shape index (κ1) is 20.1. The summed E-state index contributed by atoms with van der Waals surface area (Å²) in [6.07, 6.45) is 6.74. The molecule has 1 atom stereocenters. The lowest BCUT2D eigenvalue weighted by Gasteiger charge is -2.39. The first-order chi connectivity index (χ1) is 12.7. The molecule has 27 heavy (non-hydrogen) atoms. The molecule has 6 heteroatoms. The van der Waals surface area contributed by atoms with Gasteiger partial charge in [0, 0.05) is 44.1 Å². The van der Waals surface area contributed by atoms with Gasteiger partial charge in [0.2, 0.25) is 5.91 Å². The molecule has 1 aromatic rings. The van der Waals surface area contributed by atoms with Crippen LogP contribution in [0.5, 0.6) is 0 Å². The molecule has 0 bridgehead atoms. The first-order valence-electron chi connectivity index (χ1n) is 10.3. The van der Waals surface area contributed by atoms with Crippen LogP contribution in [0, 0.1) is 5.92 Å². The number of hydrogen-bond acceptors (Lipinski definition) is 4. The Morgan fingerprint density at radius 2 is 1.81 bits per heavy atom. The van der Waals surface area contributed by atoms with E-state index in [9.17, 15) is 9.59 Å². The van der Waals surface area contributed by atoms with Crippen LogP contribution in [0.1, 0.15) is 58.6 Å². The predicted molar refractivity (Wildman–Crippen MR) is 107 cm³/mol. The van der Waals surface area contributed by atoms with Gasteiger partial charge in [0.05, 0.1) is 12.0 Å². The summed E-state index contributed by atoms with van der Waals surface area (Å²) in [6.45, 7) is 10.1. The van der Waals surface area contributed by atoms with Crippen molar-refractivity contribution in [3.63, 3.8) is 0 Å². The Balaban J connectivity index is 1.51. The third-order valence-corrected chi connectivity index (χ3v) is 6.15. The molecule has 2 aliphatic rings. The minimum Gasteiger partial charge on any atom is -0.341 e. The third-order valence-electron chi connectivity index (χ3n) is 6.15. The molecular weight excluding hydrogens is 340 g/mol. The maximum Gasteiger partial charge on any atom is 0.253 e. The SMILES string of the molecule is CN1C(=O)CCCC1CN1CCC(Cn2cnc(C(C)(C)C)cc2=O)CC1. The molecule has 1 amide bonds. The third kappa shape index (κ3) is 4.98. The van der Waals surface area contributed by atoms with Gasteiger partial charge in [-0.15, -0.1) is 0 Å². The summed E-state index contributed by atoms with van der Waals surface area (Å²) in [7, 11) is 1.94. The first-order valence-corrected chi connectivity index (χ1v) is 10.3. The number of piperidine rings is 2. The van der Waals surface area contributed by atoms with Gasteiger partial charge in [-0.05, 0) is 44.7 Å². The van der Waals surface area contributed by atoms with Crippen LogP contribution in [-0.4, -0.2) is 58.0 Å². The average Bonchev–Trinajstić information content (AvgIpc) is 2.61. The van der Waals surface area contributed by atoms with Crippen molar-refractivity contribution >= 4 is 5.91 Å². The molecule has 2 saturated heterocycles. The van der Waals surface area contributed by atoms with Crippen LogP contribution in [-0.2, 0) is 16.8 Å². The Morgan fingerprint density at radius 3 is 2.44 bits per heavy atom. The Kier molecular flexibility index (Phi) is 6.04. The molecule has 2 aliphatic heterocycles. The molecule has 0 saturated carbocycles. The van der Waals surface area contributed by atoms with Gasteiger partial charge in [-0.3, -0.25) is 14.2 Å². The highest BCUT2D eigenvalue weighted by Gasteiger charge is 2.28. The summed E-state index contributed by atoms with van der Waals surface area (Å²) in [6, 6.07) is 2.05. The van der Waals surface area contributed by atoms with E-state index in [1.54, 1.807) is 17.0 Å². The summed E-state index contributed by atoms with van der Waals surface area (Å²) in [4.78, 5) is 33.2. The van der Waals surface area contributed by atoms with E-state index in [4.69, 9.17) is 0 Å². The molecule has 6 nitrogen and oxygen atoms in total. The molecule has 1 aromatic heterocycles. The van der Waals surface area contributed by atoms with Crippen molar-refractivity contribution in [3.8, 4) is 0 Å². The van der Waals surface area contributed by atoms with Gasteiger partial charge in [-0.2, -0.15) is 0 Å². The van der Waals surface area contributed by atoms with Crippen LogP contribution >= 0.6 is 0 Å². The second-order valence-corrected chi connectivity index (χ2v) is 9.31. The fourth-order valence-corrected chi connectivity index (χ4v) is 4.18. The molecule has 3 rings (SSSR count). The van der Waals surface area contributed by atoms with Gasteiger partial charge in [-0.25, -0.2) is 4.98 Å². The van der Waals surface area contributed by atoms with Crippen molar-refractivity contribution < 1.29 is 4.79 Å². The summed E-state index contributed by atoms with van der Waals surface area (Å²) >= 11 is 0. The van der Waals surface area contributed by atoms with E-state index in [1.165, 1.54) is 0 Å². The molecule has 0 aromatic carbocycles. The molecule has 2 fully saturated rings. The van der Waals surface area contributed by atoms with E-state index in [-0.39, 0.29) is 16.9 Å². The fourth-order valence-electron chi connectivity index (χ4n) is 4.18. The van der Waals surface area contributed by atoms with Gasteiger partial charge < -0.3 is 9.80 Å². The highest BCUT2D eigenvalue weighted by molar-refractivity contribution is 5.76. The van der Waals surface area contributed by atoms with E-state index in [0.29, 0.717) is 18.4 Å². The average molecular weight is 375 g/mol. The quantitative estimate of drug-likeness (QED) is 0.811. The second-order valence-electron chi connectivity index (χ2n) is 9.31. The monoisotopic (exact) mass is 374 g/mol. The molecule has 3 heterocycles. The van der Waals surface area contributed by atoms with Crippen molar-refractivity contribution in [2.24, 2.45) is 5.92 Å². The molecule has 0 N–H and O–H groups in total. The smallest absolute Gasteiger partial charge is 0.253 e. The van der Waals surface area contributed by atoms with E-state index < -0.39 is 0 Å². The van der Waals surface area contributed by atoms with Crippen LogP contribution in [0.15, 0.2) is 17.2 Å². The number of nitrogens with zero attached hydrogens (tertiary/aromatic N) is 4. The van der Waals surface area contributed by atoms with Crippen molar-refractivity contribution in [2.45, 2.75) is 70.9 Å². The minimum atomic E-state index is -0.0999. The Morgan fingerprint density at radius 1 is 1.11 bits per heavy atom. The number of amides is 1. The van der Waals surface area contributed by atoms with Crippen molar-refractivity contribution in [2.75, 3.05) is 26.7 Å². The van der Waals surface area contributed by atoms with Gasteiger partial charge in [0.25, 0.3) is 5.56 Å². The topological polar surface area (TPSA) is 58.4 Å². The van der Waals surface area contributed by atoms with E-state index in [2.05, 4.69) is 30.7 Å². The second kappa shape index (κ2) is 8.13. The number of aromatic nitrogens is 2. The Hall–Kier alpha value is -1.69. The molecule has 150 valence electrons. The summed E-state index contributed by atoms with van der Waals surface area (Å²) in [5.41, 5.74) is 0.807. The summed E-state index contributed by atoms with van der Waals surface area (Å²) in [5, 5.41) is 0. The minimum absolute atomic E-state index is 0.0553. The van der Waals surface area contributed by atoms with Crippen LogP contribution in [0.2, 0.25) is 0 Å². The van der Waals surface area contributed by atoms with E-state index in [0.717, 1.165) is 57.6 Å². The number of hydrogen-bond donors (Lipinski definition) is 0. The van der Waals surface area contributed by atoms with Gasteiger partial charge >= 0.3 is 0 Å². The molecule has 0 aliphatic carbocycles. The zero-order chi connectivity index (χ0) is 19.6. The fraction of sp³-hybridized carbons (Fsp3) is 0.762. The summed E-state index contributed by atoms with van der Waals surface area (Å²) < 4.78 is 1.77. The Bertz CT molecular complexity index is 714. The zero-order valence-electron chi connectivity index (χ0n) is 17.3. The normalized spacial score (nSPS) is 23.0. The molecule has 0 radical (unpaired) electrons. The lowest BCUT2D eigenvalue weighted by Crippen LogP contribution is -2.49. The molecule has 1 unspecified atom stereocenters. The highest BCUT2D eigenvalue weighted by atomic mass is 16.2. The van der Waals surface area contributed by atoms with E-state index in [1.807, 2.05) is 11.9 Å². The number of likely N-dealkylation sites (N-methyl/N-ethyl adjacent to an activating group) is 1. The lowest BCUT2D eigenvalue weighted by atomic mass is 9.92. The van der Waals surface area contributed by atoms with E-state index >= 15 is 0 Å². The molecular formula is C21H34N4O2. The van der Waals surface area contributed by atoms with Gasteiger partial charge in [0.1, 0.15) is 0 Å². The zero-order valence-corrected chi connectivity index (χ0v) is 17.3. The van der Waals surface area contributed by atoms with Crippen molar-refractivity contribution in [3.05, 3.63) is 28.4 Å². The van der Waals surface area contributed by atoms with Crippen LogP contribution in [0.25, 0.3) is 0 Å². The van der Waals surface area contributed by atoms with Crippen molar-refractivity contribution in [1.82, 2.24) is 19.4 Å². The number of rotatable bonds is 4. The largest absolute Gasteiger partial charge is 0.341 e. The standard InChI is InChI=1S/C21H34N4O2/c1-21(2,3)18-12-20(27)25(15-22-18)13-16-8-10-24(11-9-16)14-17-6-5-7-19(26)23(17)4/h12,15-17H,5-11,13-14H2,1-4H3. The molecule has 0 spiro atoms. The number of carbonyl (C=O) groups excluding carboxylic acids is 1. The number of carbonyl (C=O) groups is 1. The Labute approximate surface area is 162 Å². The van der Waals surface area contributed by atoms with Crippen LogP contribution in [0.3, 0.4) is 0 Å². The predicted octanol–water partition coefficient (Wildman–Crippen LogP) is 2.26. The van der Waals surface area contributed by atoms with Gasteiger partial charge in [0.15, 0.2) is 0 Å².